The van der Waals surface area contributed by atoms with Crippen molar-refractivity contribution in [1.82, 2.24) is 0 Å². The molecule has 0 atom stereocenters. The van der Waals surface area contributed by atoms with Crippen molar-refractivity contribution < 1.29 is 13.3 Å². The van der Waals surface area contributed by atoms with Gasteiger partial charge in [0.05, 0.1) is 4.92 Å². The predicted molar refractivity (Wildman–Crippen MR) is 96.7 cm³/mol. The van der Waals surface area contributed by atoms with Gasteiger partial charge in [-0.05, 0) is 17.0 Å². The smallest absolute Gasteiger partial charge is 0.305 e. The molecule has 130 valence electrons. The first-order chi connectivity index (χ1) is 11.1. The number of nitro groups is 1. The van der Waals surface area contributed by atoms with E-state index in [2.05, 4.69) is 13.8 Å². The topological polar surface area (TPSA) is 80.5 Å². The van der Waals surface area contributed by atoms with Crippen molar-refractivity contribution in [3.63, 3.8) is 0 Å². The molecule has 0 radical (unpaired) electrons. The van der Waals surface area contributed by atoms with E-state index in [1.165, 1.54) is 5.56 Å². The van der Waals surface area contributed by atoms with Crippen molar-refractivity contribution in [3.8, 4) is 0 Å². The molecule has 2 aromatic rings. The van der Waals surface area contributed by atoms with Crippen LogP contribution in [0.5, 0.6) is 0 Å². The summed E-state index contributed by atoms with van der Waals surface area (Å²) in [7, 11) is -1.75. The Labute approximate surface area is 145 Å². The van der Waals surface area contributed by atoms with Gasteiger partial charge in [0.15, 0.2) is 14.8 Å². The van der Waals surface area contributed by atoms with Gasteiger partial charge in [0.2, 0.25) is 0 Å². The van der Waals surface area contributed by atoms with Crippen molar-refractivity contribution >= 4 is 31.9 Å². The second kappa shape index (κ2) is 6.90. The van der Waals surface area contributed by atoms with E-state index in [-0.39, 0.29) is 9.90 Å². The summed E-state index contributed by atoms with van der Waals surface area (Å²) in [5.74, 6) is 0.437. The summed E-state index contributed by atoms with van der Waals surface area (Å²) >= 11 is 0.926. The Morgan fingerprint density at radius 3 is 2.29 bits per heavy atom. The summed E-state index contributed by atoms with van der Waals surface area (Å²) in [4.78, 5) is 12.4. The van der Waals surface area contributed by atoms with Crippen LogP contribution in [0.4, 0.5) is 10.7 Å². The van der Waals surface area contributed by atoms with Gasteiger partial charge >= 0.3 is 5.69 Å². The molecule has 0 spiro atoms. The van der Waals surface area contributed by atoms with Crippen molar-refractivity contribution in [2.24, 2.45) is 0 Å². The highest BCUT2D eigenvalue weighted by molar-refractivity contribution is 7.92. The fourth-order valence-corrected chi connectivity index (χ4v) is 4.28. The van der Waals surface area contributed by atoms with Gasteiger partial charge in [-0.1, -0.05) is 49.4 Å². The molecule has 0 bridgehead atoms. The molecule has 1 heterocycles. The van der Waals surface area contributed by atoms with E-state index < -0.39 is 14.8 Å². The maximum atomic E-state index is 11.7. The molecule has 1 aromatic carbocycles. The van der Waals surface area contributed by atoms with Crippen LogP contribution in [0.3, 0.4) is 0 Å². The maximum Gasteiger partial charge on any atom is 0.305 e. The number of thiophene rings is 1. The summed E-state index contributed by atoms with van der Waals surface area (Å²) < 4.78 is 23.4. The quantitative estimate of drug-likeness (QED) is 0.572. The van der Waals surface area contributed by atoms with Gasteiger partial charge in [-0.25, -0.2) is 8.42 Å². The second-order valence-corrected chi connectivity index (χ2v) is 9.31. The number of sulfone groups is 1. The van der Waals surface area contributed by atoms with Gasteiger partial charge in [0.25, 0.3) is 0 Å². The molecule has 24 heavy (non-hydrogen) atoms. The largest absolute Gasteiger partial charge is 0.357 e. The number of benzene rings is 1. The zero-order valence-corrected chi connectivity index (χ0v) is 15.6. The van der Waals surface area contributed by atoms with E-state index in [9.17, 15) is 18.5 Å². The molecule has 6 nitrogen and oxygen atoms in total. The summed E-state index contributed by atoms with van der Waals surface area (Å²) in [6, 6.07) is 9.19. The molecule has 0 amide bonds. The van der Waals surface area contributed by atoms with Gasteiger partial charge < -0.3 is 4.90 Å². The molecule has 0 aliphatic rings. The SMILES string of the molecule is CC(C)c1ccc(CN(C)c2sc(S(C)(=O)=O)cc2[N+](=O)[O-])cc1. The lowest BCUT2D eigenvalue weighted by molar-refractivity contribution is -0.383. The minimum Gasteiger partial charge on any atom is -0.357 e. The van der Waals surface area contributed by atoms with Crippen LogP contribution < -0.4 is 4.90 Å². The van der Waals surface area contributed by atoms with Crippen molar-refractivity contribution in [3.05, 3.63) is 51.6 Å². The van der Waals surface area contributed by atoms with Crippen LogP contribution in [0.15, 0.2) is 34.5 Å². The molecule has 0 saturated heterocycles. The lowest BCUT2D eigenvalue weighted by Gasteiger charge is -2.17. The zero-order valence-electron chi connectivity index (χ0n) is 14.0. The van der Waals surface area contributed by atoms with E-state index in [1.54, 1.807) is 11.9 Å². The van der Waals surface area contributed by atoms with Crippen LogP contribution in [-0.4, -0.2) is 26.6 Å². The summed E-state index contributed by atoms with van der Waals surface area (Å²) in [6.07, 6.45) is 1.05. The summed E-state index contributed by atoms with van der Waals surface area (Å²) in [6.45, 7) is 4.69. The lowest BCUT2D eigenvalue weighted by atomic mass is 10.0. The van der Waals surface area contributed by atoms with Gasteiger partial charge in [0.1, 0.15) is 4.21 Å². The van der Waals surface area contributed by atoms with Gasteiger partial charge in [-0.3, -0.25) is 10.1 Å². The molecule has 1 aromatic heterocycles. The van der Waals surface area contributed by atoms with E-state index in [0.29, 0.717) is 17.5 Å². The average Bonchev–Trinajstić information content (AvgIpc) is 2.93. The Hall–Kier alpha value is -1.93. The summed E-state index contributed by atoms with van der Waals surface area (Å²) in [5.41, 5.74) is 2.05. The third-order valence-electron chi connectivity index (χ3n) is 3.65. The highest BCUT2D eigenvalue weighted by Gasteiger charge is 2.26. The van der Waals surface area contributed by atoms with Gasteiger partial charge in [0, 0.05) is 25.9 Å². The Bertz CT molecular complexity index is 839. The minimum absolute atomic E-state index is 0.00575. The average molecular weight is 368 g/mol. The molecule has 8 heteroatoms. The van der Waals surface area contributed by atoms with Crippen molar-refractivity contribution in [1.29, 1.82) is 0 Å². The van der Waals surface area contributed by atoms with E-state index in [1.807, 2.05) is 24.3 Å². The second-order valence-electron chi connectivity index (χ2n) is 6.04. The molecular formula is C16H20N2O4S2. The Morgan fingerprint density at radius 1 is 1.25 bits per heavy atom. The molecule has 0 unspecified atom stereocenters. The third-order valence-corrected chi connectivity index (χ3v) is 6.69. The standard InChI is InChI=1S/C16H20N2O4S2/c1-11(2)13-7-5-12(6-8-13)10-17(3)16-14(18(19)20)9-15(23-16)24(4,21)22/h5-9,11H,10H2,1-4H3. The first-order valence-corrected chi connectivity index (χ1v) is 10.1. The van der Waals surface area contributed by atoms with Crippen molar-refractivity contribution in [2.45, 2.75) is 30.5 Å². The highest BCUT2D eigenvalue weighted by Crippen LogP contribution is 2.39. The maximum absolute atomic E-state index is 11.7. The van der Waals surface area contributed by atoms with Crippen LogP contribution in [0, 0.1) is 10.1 Å². The predicted octanol–water partition coefficient (Wildman–Crippen LogP) is 3.82. The van der Waals surface area contributed by atoms with E-state index in [4.69, 9.17) is 0 Å². The van der Waals surface area contributed by atoms with Crippen molar-refractivity contribution in [2.75, 3.05) is 18.2 Å². The number of hydrogen-bond acceptors (Lipinski definition) is 6. The number of hydrogen-bond donors (Lipinski definition) is 0. The third kappa shape index (κ3) is 4.12. The first kappa shape index (κ1) is 18.4. The fraction of sp³-hybridized carbons (Fsp3) is 0.375. The number of rotatable bonds is 6. The molecule has 0 fully saturated rings. The Balaban J connectivity index is 2.30. The molecule has 0 aliphatic carbocycles. The zero-order chi connectivity index (χ0) is 18.1. The van der Waals surface area contributed by atoms with Crippen LogP contribution in [0.2, 0.25) is 0 Å². The highest BCUT2D eigenvalue weighted by atomic mass is 32.2. The summed E-state index contributed by atoms with van der Waals surface area (Å²) in [5, 5.41) is 11.6. The molecule has 0 aliphatic heterocycles. The number of nitrogens with zero attached hydrogens (tertiary/aromatic N) is 2. The monoisotopic (exact) mass is 368 g/mol. The molecule has 2 rings (SSSR count). The van der Waals surface area contributed by atoms with Crippen LogP contribution in [0.25, 0.3) is 0 Å². The fourth-order valence-electron chi connectivity index (χ4n) is 2.29. The lowest BCUT2D eigenvalue weighted by Crippen LogP contribution is -2.16. The molecular weight excluding hydrogens is 348 g/mol. The Kier molecular flexibility index (Phi) is 5.29. The number of anilines is 1. The van der Waals surface area contributed by atoms with Crippen LogP contribution in [-0.2, 0) is 16.4 Å². The van der Waals surface area contributed by atoms with E-state index in [0.717, 1.165) is 29.2 Å². The van der Waals surface area contributed by atoms with Gasteiger partial charge in [-0.2, -0.15) is 0 Å². The minimum atomic E-state index is -3.47. The first-order valence-electron chi connectivity index (χ1n) is 7.38. The normalized spacial score (nSPS) is 11.7. The molecule has 0 N–H and O–H groups in total. The van der Waals surface area contributed by atoms with Crippen LogP contribution >= 0.6 is 11.3 Å². The molecule has 0 saturated carbocycles. The van der Waals surface area contributed by atoms with Crippen LogP contribution in [0.1, 0.15) is 30.9 Å². The van der Waals surface area contributed by atoms with Gasteiger partial charge in [-0.15, -0.1) is 0 Å². The van der Waals surface area contributed by atoms with E-state index >= 15 is 0 Å². The Morgan fingerprint density at radius 2 is 1.83 bits per heavy atom.